The van der Waals surface area contributed by atoms with Gasteiger partial charge in [0.15, 0.2) is 11.5 Å². The number of ether oxygens (including phenoxy) is 3. The van der Waals surface area contributed by atoms with Crippen LogP contribution in [0.5, 0.6) is 11.5 Å². The van der Waals surface area contributed by atoms with E-state index in [1.807, 2.05) is 0 Å². The van der Waals surface area contributed by atoms with E-state index in [4.69, 9.17) is 32.7 Å². The van der Waals surface area contributed by atoms with Crippen LogP contribution in [-0.2, 0) is 25.0 Å². The SMILES string of the molecule is COc1c(S(=O)(=O)O)ccc(C(=O)OC(=O)c2ccc(S(=O)(=O)O)c(OC)c2Cl)c1Cl. The number of rotatable bonds is 6. The Hall–Kier alpha value is -2.42. The van der Waals surface area contributed by atoms with E-state index in [1.54, 1.807) is 0 Å². The Bertz CT molecular complexity index is 1190. The van der Waals surface area contributed by atoms with E-state index in [1.165, 1.54) is 0 Å². The molecule has 2 N–H and O–H groups in total. The molecule has 0 aliphatic heterocycles. The number of carbonyl (C=O) groups is 2. The van der Waals surface area contributed by atoms with E-state index >= 15 is 0 Å². The summed E-state index contributed by atoms with van der Waals surface area (Å²) in [5, 5.41) is -1.14. The first-order chi connectivity index (χ1) is 14.2. The highest BCUT2D eigenvalue weighted by Gasteiger charge is 2.28. The zero-order chi connectivity index (χ0) is 23.7. The Labute approximate surface area is 185 Å². The Morgan fingerprint density at radius 2 is 1.06 bits per heavy atom. The van der Waals surface area contributed by atoms with Crippen LogP contribution in [0.1, 0.15) is 20.7 Å². The molecular formula is C16H12Cl2O11S2. The number of methoxy groups -OCH3 is 2. The zero-order valence-electron chi connectivity index (χ0n) is 15.5. The Balaban J connectivity index is 2.45. The smallest absolute Gasteiger partial charge is 0.347 e. The first-order valence-corrected chi connectivity index (χ1v) is 11.3. The van der Waals surface area contributed by atoms with Gasteiger partial charge in [0, 0.05) is 0 Å². The highest BCUT2D eigenvalue weighted by atomic mass is 35.5. The van der Waals surface area contributed by atoms with E-state index in [-0.39, 0.29) is 0 Å². The van der Waals surface area contributed by atoms with Crippen molar-refractivity contribution in [2.45, 2.75) is 9.79 Å². The fraction of sp³-hybridized carbons (Fsp3) is 0.125. The van der Waals surface area contributed by atoms with E-state index in [0.29, 0.717) is 0 Å². The summed E-state index contributed by atoms with van der Waals surface area (Å²) in [7, 11) is -7.42. The first-order valence-electron chi connectivity index (χ1n) is 7.68. The van der Waals surface area contributed by atoms with Crippen molar-refractivity contribution in [3.8, 4) is 11.5 Å². The lowest BCUT2D eigenvalue weighted by molar-refractivity contribution is 0.0397. The standard InChI is InChI=1S/C16H12Cl2O11S2/c1-27-13-9(30(21,22)23)5-3-7(11(13)17)15(19)29-16(20)8-4-6-10(31(24,25)26)14(28-2)12(8)18/h3-6H,1-2H3,(H,21,22,23)(H,24,25,26). The third kappa shape index (κ3) is 5.08. The van der Waals surface area contributed by atoms with E-state index in [0.717, 1.165) is 38.5 Å². The van der Waals surface area contributed by atoms with Crippen molar-refractivity contribution >= 4 is 55.4 Å². The van der Waals surface area contributed by atoms with Crippen LogP contribution in [0.4, 0.5) is 0 Å². The molecule has 0 radical (unpaired) electrons. The molecule has 0 fully saturated rings. The average molecular weight is 515 g/mol. The van der Waals surface area contributed by atoms with E-state index in [2.05, 4.69) is 4.74 Å². The fourth-order valence-corrected chi connectivity index (χ4v) is 4.44. The molecule has 11 nitrogen and oxygen atoms in total. The number of hydrogen-bond donors (Lipinski definition) is 2. The molecule has 0 saturated carbocycles. The monoisotopic (exact) mass is 514 g/mol. The van der Waals surface area contributed by atoms with Gasteiger partial charge in [0.05, 0.1) is 35.4 Å². The lowest BCUT2D eigenvalue weighted by Gasteiger charge is -2.13. The minimum Gasteiger partial charge on any atom is -0.494 e. The predicted molar refractivity (Wildman–Crippen MR) is 105 cm³/mol. The highest BCUT2D eigenvalue weighted by molar-refractivity contribution is 7.86. The molecule has 0 aliphatic carbocycles. The van der Waals surface area contributed by atoms with Crippen LogP contribution in [0.15, 0.2) is 34.1 Å². The molecular weight excluding hydrogens is 503 g/mol. The highest BCUT2D eigenvalue weighted by Crippen LogP contribution is 2.37. The van der Waals surface area contributed by atoms with Crippen LogP contribution in [0.25, 0.3) is 0 Å². The number of benzene rings is 2. The molecule has 15 heteroatoms. The van der Waals surface area contributed by atoms with Crippen molar-refractivity contribution < 1.29 is 49.7 Å². The fourth-order valence-electron chi connectivity index (χ4n) is 2.37. The van der Waals surface area contributed by atoms with Crippen LogP contribution in [0.2, 0.25) is 10.0 Å². The van der Waals surface area contributed by atoms with Gasteiger partial charge in [-0.1, -0.05) is 23.2 Å². The van der Waals surface area contributed by atoms with Crippen molar-refractivity contribution in [1.82, 2.24) is 0 Å². The summed E-state index contributed by atoms with van der Waals surface area (Å²) in [6, 6.07) is 3.34. The minimum atomic E-state index is -4.74. The van der Waals surface area contributed by atoms with Crippen LogP contribution < -0.4 is 9.47 Å². The van der Waals surface area contributed by atoms with Crippen LogP contribution in [-0.4, -0.2) is 52.1 Å². The van der Waals surface area contributed by atoms with E-state index in [9.17, 15) is 35.5 Å². The molecule has 0 aromatic heterocycles. The lowest BCUT2D eigenvalue weighted by atomic mass is 10.2. The second-order valence-corrected chi connectivity index (χ2v) is 9.08. The van der Waals surface area contributed by atoms with Crippen molar-refractivity contribution in [3.63, 3.8) is 0 Å². The molecule has 2 aromatic carbocycles. The van der Waals surface area contributed by atoms with Gasteiger partial charge in [-0.15, -0.1) is 0 Å². The van der Waals surface area contributed by atoms with Crippen molar-refractivity contribution in [2.75, 3.05) is 14.2 Å². The second-order valence-electron chi connectivity index (χ2n) is 5.54. The summed E-state index contributed by atoms with van der Waals surface area (Å²) >= 11 is 11.9. The number of hydrogen-bond acceptors (Lipinski definition) is 9. The summed E-state index contributed by atoms with van der Waals surface area (Å²) in [6.07, 6.45) is 0. The number of esters is 2. The predicted octanol–water partition coefficient (Wildman–Crippen LogP) is 2.50. The van der Waals surface area contributed by atoms with Gasteiger partial charge in [0.2, 0.25) is 0 Å². The molecule has 2 rings (SSSR count). The topological polar surface area (TPSA) is 171 Å². The van der Waals surface area contributed by atoms with Gasteiger partial charge in [-0.2, -0.15) is 16.8 Å². The Kier molecular flexibility index (Phi) is 7.20. The van der Waals surface area contributed by atoms with Gasteiger partial charge in [-0.05, 0) is 24.3 Å². The van der Waals surface area contributed by atoms with Gasteiger partial charge in [-0.25, -0.2) is 9.59 Å². The molecule has 2 aromatic rings. The normalized spacial score (nSPS) is 11.7. The molecule has 168 valence electrons. The third-order valence-electron chi connectivity index (χ3n) is 3.71. The average Bonchev–Trinajstić information content (AvgIpc) is 2.65. The third-order valence-corrected chi connectivity index (χ3v) is 6.22. The van der Waals surface area contributed by atoms with Gasteiger partial charge in [-0.3, -0.25) is 9.11 Å². The Morgan fingerprint density at radius 1 is 0.742 bits per heavy atom. The molecule has 31 heavy (non-hydrogen) atoms. The number of carbonyl (C=O) groups excluding carboxylic acids is 2. The summed E-state index contributed by atoms with van der Waals surface area (Å²) in [4.78, 5) is 23.3. The number of halogens is 2. The molecule has 0 unspecified atom stereocenters. The lowest BCUT2D eigenvalue weighted by Crippen LogP contribution is -2.15. The molecule has 0 spiro atoms. The molecule has 0 heterocycles. The largest absolute Gasteiger partial charge is 0.494 e. The summed E-state index contributed by atoms with van der Waals surface area (Å²) in [5.74, 6) is -3.82. The van der Waals surface area contributed by atoms with Gasteiger partial charge in [0.25, 0.3) is 20.2 Å². The van der Waals surface area contributed by atoms with E-state index < -0.39 is 74.6 Å². The Morgan fingerprint density at radius 3 is 1.32 bits per heavy atom. The maximum atomic E-state index is 12.4. The molecule has 0 aliphatic rings. The van der Waals surface area contributed by atoms with Crippen molar-refractivity contribution in [1.29, 1.82) is 0 Å². The molecule has 0 atom stereocenters. The van der Waals surface area contributed by atoms with Crippen molar-refractivity contribution in [2.24, 2.45) is 0 Å². The van der Waals surface area contributed by atoms with Crippen LogP contribution >= 0.6 is 23.2 Å². The molecule has 0 amide bonds. The second kappa shape index (κ2) is 8.98. The van der Waals surface area contributed by atoms with Gasteiger partial charge in [0.1, 0.15) is 9.79 Å². The van der Waals surface area contributed by atoms with Crippen LogP contribution in [0, 0.1) is 0 Å². The maximum Gasteiger partial charge on any atom is 0.347 e. The quantitative estimate of drug-likeness (QED) is 0.329. The minimum absolute atomic E-state index is 0.489. The van der Waals surface area contributed by atoms with Gasteiger partial charge < -0.3 is 14.2 Å². The maximum absolute atomic E-state index is 12.4. The summed E-state index contributed by atoms with van der Waals surface area (Å²) in [5.41, 5.74) is -0.978. The van der Waals surface area contributed by atoms with Gasteiger partial charge >= 0.3 is 11.9 Å². The first kappa shape index (κ1) is 24.8. The van der Waals surface area contributed by atoms with Crippen LogP contribution in [0.3, 0.4) is 0 Å². The summed E-state index contributed by atoms with van der Waals surface area (Å²) < 4.78 is 78.1. The molecule has 0 bridgehead atoms. The summed E-state index contributed by atoms with van der Waals surface area (Å²) in [6.45, 7) is 0. The zero-order valence-corrected chi connectivity index (χ0v) is 18.6. The molecule has 0 saturated heterocycles. The van der Waals surface area contributed by atoms with Crippen molar-refractivity contribution in [3.05, 3.63) is 45.4 Å².